The Kier molecular flexibility index (Phi) is 4.71. The average molecular weight is 291 g/mol. The summed E-state index contributed by atoms with van der Waals surface area (Å²) in [4.78, 5) is 11.6. The maximum atomic E-state index is 6.05. The smallest absolute Gasteiger partial charge is 0.138 e. The van der Waals surface area contributed by atoms with Crippen molar-refractivity contribution in [1.82, 2.24) is 14.9 Å². The molecule has 21 heavy (non-hydrogen) atoms. The fraction of sp³-hybridized carbons (Fsp3) is 0.750. The van der Waals surface area contributed by atoms with Crippen molar-refractivity contribution < 1.29 is 0 Å². The van der Waals surface area contributed by atoms with Gasteiger partial charge in [-0.2, -0.15) is 0 Å². The minimum Gasteiger partial charge on any atom is -0.383 e. The van der Waals surface area contributed by atoms with E-state index in [4.69, 9.17) is 5.73 Å². The van der Waals surface area contributed by atoms with Gasteiger partial charge in [0.25, 0.3) is 0 Å². The number of nitrogens with zero attached hydrogens (tertiary/aromatic N) is 3. The first-order valence-electron chi connectivity index (χ1n) is 7.91. The van der Waals surface area contributed by atoms with Crippen molar-refractivity contribution in [3.63, 3.8) is 0 Å². The van der Waals surface area contributed by atoms with Crippen LogP contribution in [0.1, 0.15) is 51.9 Å². The molecule has 2 rings (SSSR count). The molecule has 0 aromatic carbocycles. The normalized spacial score (nSPS) is 18.0. The highest BCUT2D eigenvalue weighted by molar-refractivity contribution is 5.55. The maximum absolute atomic E-state index is 6.05. The summed E-state index contributed by atoms with van der Waals surface area (Å²) in [5, 5.41) is 3.47. The number of aromatic nitrogens is 2. The molecule has 1 aromatic rings. The Hall–Kier alpha value is -1.36. The molecule has 1 fully saturated rings. The lowest BCUT2D eigenvalue weighted by Crippen LogP contribution is -2.36. The van der Waals surface area contributed by atoms with Crippen molar-refractivity contribution >= 4 is 11.6 Å². The molecule has 118 valence electrons. The molecule has 1 aromatic heterocycles. The molecule has 5 heteroatoms. The zero-order valence-electron chi connectivity index (χ0n) is 14.0. The van der Waals surface area contributed by atoms with Crippen LogP contribution >= 0.6 is 0 Å². The summed E-state index contributed by atoms with van der Waals surface area (Å²) in [6.45, 7) is 13.9. The second-order valence-electron chi connectivity index (χ2n) is 7.13. The largest absolute Gasteiger partial charge is 0.383 e. The third-order valence-electron chi connectivity index (χ3n) is 4.18. The van der Waals surface area contributed by atoms with Gasteiger partial charge in [-0.3, -0.25) is 4.90 Å². The quantitative estimate of drug-likeness (QED) is 0.892. The van der Waals surface area contributed by atoms with Crippen molar-refractivity contribution in [2.45, 2.75) is 58.9 Å². The highest BCUT2D eigenvalue weighted by Gasteiger charge is 2.21. The number of nitrogen functional groups attached to an aromatic ring is 1. The molecule has 0 bridgehead atoms. The fourth-order valence-electron chi connectivity index (χ4n) is 2.60. The molecule has 3 N–H and O–H groups in total. The zero-order chi connectivity index (χ0) is 15.6. The molecule has 0 radical (unpaired) electrons. The van der Waals surface area contributed by atoms with E-state index in [1.54, 1.807) is 0 Å². The molecule has 2 heterocycles. The van der Waals surface area contributed by atoms with Gasteiger partial charge in [0.05, 0.1) is 0 Å². The summed E-state index contributed by atoms with van der Waals surface area (Å²) in [5.41, 5.74) is 6.89. The standard InChI is InChI=1S/C16H29N5/c1-11(21-8-6-7-9-21)10-18-14-12(2)13(17)19-15(20-14)16(3,4)5/h11H,6-10H2,1-5H3,(H3,17,18,19,20). The van der Waals surface area contributed by atoms with Crippen LogP contribution in [-0.4, -0.2) is 40.5 Å². The Morgan fingerprint density at radius 2 is 1.86 bits per heavy atom. The van der Waals surface area contributed by atoms with Crippen LogP contribution < -0.4 is 11.1 Å². The van der Waals surface area contributed by atoms with Crippen molar-refractivity contribution in [2.24, 2.45) is 0 Å². The lowest BCUT2D eigenvalue weighted by molar-refractivity contribution is 0.269. The minimum atomic E-state index is -0.0984. The van der Waals surface area contributed by atoms with Crippen LogP contribution in [-0.2, 0) is 5.41 Å². The van der Waals surface area contributed by atoms with Gasteiger partial charge in [0.15, 0.2) is 0 Å². The van der Waals surface area contributed by atoms with Gasteiger partial charge in [-0.1, -0.05) is 20.8 Å². The topological polar surface area (TPSA) is 67.1 Å². The van der Waals surface area contributed by atoms with Crippen LogP contribution in [0.2, 0.25) is 0 Å². The molecule has 0 amide bonds. The second-order valence-corrected chi connectivity index (χ2v) is 7.13. The van der Waals surface area contributed by atoms with Gasteiger partial charge in [-0.15, -0.1) is 0 Å². The number of rotatable bonds is 4. The van der Waals surface area contributed by atoms with E-state index in [1.807, 2.05) is 6.92 Å². The number of nitrogens with two attached hydrogens (primary N) is 1. The first-order valence-corrected chi connectivity index (χ1v) is 7.91. The molecule has 0 spiro atoms. The van der Waals surface area contributed by atoms with E-state index in [0.29, 0.717) is 11.9 Å². The highest BCUT2D eigenvalue weighted by atomic mass is 15.2. The number of nitrogens with one attached hydrogen (secondary N) is 1. The van der Waals surface area contributed by atoms with Crippen LogP contribution in [0, 0.1) is 6.92 Å². The number of likely N-dealkylation sites (tertiary alicyclic amines) is 1. The highest BCUT2D eigenvalue weighted by Crippen LogP contribution is 2.24. The van der Waals surface area contributed by atoms with Gasteiger partial charge in [0.1, 0.15) is 17.5 Å². The SMILES string of the molecule is Cc1c(N)nc(C(C)(C)C)nc1NCC(C)N1CCCC1. The lowest BCUT2D eigenvalue weighted by Gasteiger charge is -2.25. The zero-order valence-corrected chi connectivity index (χ0v) is 14.0. The monoisotopic (exact) mass is 291 g/mol. The summed E-state index contributed by atoms with van der Waals surface area (Å²) in [6.07, 6.45) is 2.63. The van der Waals surface area contributed by atoms with E-state index >= 15 is 0 Å². The first-order chi connectivity index (χ1) is 9.79. The van der Waals surface area contributed by atoms with E-state index in [-0.39, 0.29) is 5.41 Å². The van der Waals surface area contributed by atoms with Crippen molar-refractivity contribution in [1.29, 1.82) is 0 Å². The number of hydrogen-bond donors (Lipinski definition) is 2. The Labute approximate surface area is 128 Å². The van der Waals surface area contributed by atoms with Crippen LogP contribution in [0.15, 0.2) is 0 Å². The molecule has 1 atom stereocenters. The fourth-order valence-corrected chi connectivity index (χ4v) is 2.60. The first kappa shape index (κ1) is 16.0. The second kappa shape index (κ2) is 6.18. The predicted octanol–water partition coefficient (Wildman–Crippen LogP) is 2.56. The van der Waals surface area contributed by atoms with Crippen molar-refractivity contribution in [2.75, 3.05) is 30.7 Å². The third kappa shape index (κ3) is 3.84. The lowest BCUT2D eigenvalue weighted by atomic mass is 9.95. The van der Waals surface area contributed by atoms with Crippen molar-refractivity contribution in [3.8, 4) is 0 Å². The van der Waals surface area contributed by atoms with Crippen LogP contribution in [0.25, 0.3) is 0 Å². The van der Waals surface area contributed by atoms with E-state index in [1.165, 1.54) is 25.9 Å². The average Bonchev–Trinajstić information content (AvgIpc) is 2.92. The van der Waals surface area contributed by atoms with Gasteiger partial charge in [0.2, 0.25) is 0 Å². The molecule has 1 aliphatic heterocycles. The summed E-state index contributed by atoms with van der Waals surface area (Å²) in [5.74, 6) is 2.24. The molecule has 0 saturated carbocycles. The van der Waals surface area contributed by atoms with Crippen LogP contribution in [0.3, 0.4) is 0 Å². The molecular weight excluding hydrogens is 262 g/mol. The predicted molar refractivity (Wildman–Crippen MR) is 88.6 cm³/mol. The van der Waals surface area contributed by atoms with Gasteiger partial charge >= 0.3 is 0 Å². The van der Waals surface area contributed by atoms with Gasteiger partial charge in [0, 0.05) is 23.6 Å². The van der Waals surface area contributed by atoms with E-state index in [2.05, 4.69) is 47.9 Å². The summed E-state index contributed by atoms with van der Waals surface area (Å²) < 4.78 is 0. The van der Waals surface area contributed by atoms with Gasteiger partial charge in [-0.05, 0) is 39.8 Å². The molecule has 1 unspecified atom stereocenters. The summed E-state index contributed by atoms with van der Waals surface area (Å²) in [6, 6.07) is 0.515. The minimum absolute atomic E-state index is 0.0984. The third-order valence-corrected chi connectivity index (χ3v) is 4.18. The Bertz CT molecular complexity index is 486. The Balaban J connectivity index is 2.10. The van der Waals surface area contributed by atoms with Gasteiger partial charge in [-0.25, -0.2) is 9.97 Å². The summed E-state index contributed by atoms with van der Waals surface area (Å²) in [7, 11) is 0. The maximum Gasteiger partial charge on any atom is 0.138 e. The molecule has 0 aliphatic carbocycles. The van der Waals surface area contributed by atoms with E-state index in [0.717, 1.165) is 23.8 Å². The number of anilines is 2. The van der Waals surface area contributed by atoms with Crippen molar-refractivity contribution in [3.05, 3.63) is 11.4 Å². The molecular formula is C16H29N5. The Morgan fingerprint density at radius 1 is 1.24 bits per heavy atom. The number of hydrogen-bond acceptors (Lipinski definition) is 5. The summed E-state index contributed by atoms with van der Waals surface area (Å²) >= 11 is 0. The van der Waals surface area contributed by atoms with Crippen LogP contribution in [0.5, 0.6) is 0 Å². The van der Waals surface area contributed by atoms with Gasteiger partial charge < -0.3 is 11.1 Å². The Morgan fingerprint density at radius 3 is 2.43 bits per heavy atom. The molecule has 1 saturated heterocycles. The van der Waals surface area contributed by atoms with E-state index in [9.17, 15) is 0 Å². The molecule has 1 aliphatic rings. The van der Waals surface area contributed by atoms with E-state index < -0.39 is 0 Å². The van der Waals surface area contributed by atoms with Crippen LogP contribution in [0.4, 0.5) is 11.6 Å². The molecule has 5 nitrogen and oxygen atoms in total.